The number of hydrazine groups is 1. The van der Waals surface area contributed by atoms with E-state index in [2.05, 4.69) is 21.3 Å². The van der Waals surface area contributed by atoms with Gasteiger partial charge in [-0.25, -0.2) is 4.68 Å². The van der Waals surface area contributed by atoms with Crippen molar-refractivity contribution in [2.75, 3.05) is 13.3 Å². The monoisotopic (exact) mass is 457 g/mol. The molecular formula is C20H16ClN5O6. The van der Waals surface area contributed by atoms with Crippen LogP contribution in [0.15, 0.2) is 48.7 Å². The Kier molecular flexibility index (Phi) is 5.81. The van der Waals surface area contributed by atoms with Gasteiger partial charge < -0.3 is 19.9 Å². The number of amides is 3. The standard InChI is InChI=1S/C20H16ClN5O6/c21-12-2-4-13(5-3-12)26-9-14(27)18(25-26)20(30)24-23-17(28)8-22-19(29)11-1-6-15-16(7-11)32-10-31-15/h1-7,9,27H,8,10H2,(H,22,29)(H,23,28)(H,24,30). The van der Waals surface area contributed by atoms with Gasteiger partial charge in [-0.05, 0) is 42.5 Å². The zero-order valence-corrected chi connectivity index (χ0v) is 17.0. The van der Waals surface area contributed by atoms with Crippen LogP contribution in [0.2, 0.25) is 5.02 Å². The molecule has 1 aliphatic heterocycles. The van der Waals surface area contributed by atoms with Crippen molar-refractivity contribution in [3.05, 3.63) is 64.9 Å². The van der Waals surface area contributed by atoms with Crippen molar-refractivity contribution in [1.29, 1.82) is 0 Å². The number of fused-ring (bicyclic) bond motifs is 1. The highest BCUT2D eigenvalue weighted by atomic mass is 35.5. The summed E-state index contributed by atoms with van der Waals surface area (Å²) in [5.41, 5.74) is 4.81. The molecule has 3 aromatic rings. The number of nitrogens with one attached hydrogen (secondary N) is 3. The first-order valence-electron chi connectivity index (χ1n) is 9.22. The molecule has 0 aliphatic carbocycles. The SMILES string of the molecule is O=C(CNC(=O)c1ccc2c(c1)OCO2)NNC(=O)c1nn(-c2ccc(Cl)cc2)cc1O. The van der Waals surface area contributed by atoms with E-state index in [1.54, 1.807) is 30.3 Å². The third kappa shape index (κ3) is 4.57. The number of carbonyl (C=O) groups excluding carboxylic acids is 3. The summed E-state index contributed by atoms with van der Waals surface area (Å²) in [6.07, 6.45) is 1.24. The summed E-state index contributed by atoms with van der Waals surface area (Å²) >= 11 is 5.84. The second-order valence-corrected chi connectivity index (χ2v) is 6.97. The Labute approximate surface area is 185 Å². The Morgan fingerprint density at radius 3 is 2.56 bits per heavy atom. The largest absolute Gasteiger partial charge is 0.504 e. The number of ether oxygens (including phenoxy) is 2. The van der Waals surface area contributed by atoms with Crippen LogP contribution < -0.4 is 25.6 Å². The molecule has 1 aliphatic rings. The van der Waals surface area contributed by atoms with Crippen LogP contribution in [0, 0.1) is 0 Å². The molecule has 0 spiro atoms. The molecule has 164 valence electrons. The smallest absolute Gasteiger partial charge is 0.294 e. The number of hydrogen-bond acceptors (Lipinski definition) is 7. The van der Waals surface area contributed by atoms with E-state index >= 15 is 0 Å². The molecule has 0 saturated heterocycles. The maximum atomic E-state index is 12.2. The molecule has 0 bridgehead atoms. The van der Waals surface area contributed by atoms with Crippen LogP contribution in [0.1, 0.15) is 20.8 Å². The van der Waals surface area contributed by atoms with E-state index in [4.69, 9.17) is 21.1 Å². The van der Waals surface area contributed by atoms with Crippen molar-refractivity contribution in [2.45, 2.75) is 0 Å². The van der Waals surface area contributed by atoms with E-state index in [-0.39, 0.29) is 23.8 Å². The molecule has 0 unspecified atom stereocenters. The third-order valence-electron chi connectivity index (χ3n) is 4.36. The highest BCUT2D eigenvalue weighted by Crippen LogP contribution is 2.32. The van der Waals surface area contributed by atoms with Gasteiger partial charge in [0.15, 0.2) is 22.9 Å². The zero-order valence-electron chi connectivity index (χ0n) is 16.3. The topological polar surface area (TPSA) is 144 Å². The van der Waals surface area contributed by atoms with E-state index in [1.807, 2.05) is 0 Å². The quantitative estimate of drug-likeness (QED) is 0.421. The molecule has 12 heteroatoms. The van der Waals surface area contributed by atoms with Gasteiger partial charge in [-0.3, -0.25) is 25.2 Å². The molecular weight excluding hydrogens is 442 g/mol. The van der Waals surface area contributed by atoms with Crippen LogP contribution >= 0.6 is 11.6 Å². The van der Waals surface area contributed by atoms with Crippen LogP contribution in [0.25, 0.3) is 5.69 Å². The van der Waals surface area contributed by atoms with Gasteiger partial charge in [0, 0.05) is 10.6 Å². The summed E-state index contributed by atoms with van der Waals surface area (Å²) in [6.45, 7) is -0.325. The van der Waals surface area contributed by atoms with Crippen LogP contribution in [0.3, 0.4) is 0 Å². The van der Waals surface area contributed by atoms with E-state index in [0.717, 1.165) is 0 Å². The maximum absolute atomic E-state index is 12.2. The number of aromatic nitrogens is 2. The van der Waals surface area contributed by atoms with Gasteiger partial charge in [0.05, 0.1) is 18.4 Å². The summed E-state index contributed by atoms with van der Waals surface area (Å²) in [7, 11) is 0. The first kappa shape index (κ1) is 21.0. The minimum atomic E-state index is -0.842. The fourth-order valence-electron chi connectivity index (χ4n) is 2.78. The van der Waals surface area contributed by atoms with Crippen LogP contribution in [-0.4, -0.2) is 45.9 Å². The number of aromatic hydroxyl groups is 1. The second kappa shape index (κ2) is 8.86. The lowest BCUT2D eigenvalue weighted by Crippen LogP contribution is -2.46. The van der Waals surface area contributed by atoms with Crippen molar-refractivity contribution < 1.29 is 29.0 Å². The van der Waals surface area contributed by atoms with Gasteiger partial charge in [-0.15, -0.1) is 0 Å². The molecule has 1 aromatic heterocycles. The fraction of sp³-hybridized carbons (Fsp3) is 0.100. The van der Waals surface area contributed by atoms with Crippen molar-refractivity contribution >= 4 is 29.3 Å². The van der Waals surface area contributed by atoms with E-state index < -0.39 is 24.3 Å². The zero-order chi connectivity index (χ0) is 22.7. The minimum Gasteiger partial charge on any atom is -0.504 e. The van der Waals surface area contributed by atoms with Crippen molar-refractivity contribution in [2.24, 2.45) is 0 Å². The number of rotatable bonds is 5. The molecule has 0 atom stereocenters. The number of nitrogens with zero attached hydrogens (tertiary/aromatic N) is 2. The maximum Gasteiger partial charge on any atom is 0.294 e. The van der Waals surface area contributed by atoms with Crippen LogP contribution in [0.5, 0.6) is 17.2 Å². The van der Waals surface area contributed by atoms with Gasteiger partial charge in [0.2, 0.25) is 6.79 Å². The molecule has 2 heterocycles. The van der Waals surface area contributed by atoms with Crippen molar-refractivity contribution in [3.63, 3.8) is 0 Å². The predicted octanol–water partition coefficient (Wildman–Crippen LogP) is 1.15. The van der Waals surface area contributed by atoms with E-state index in [9.17, 15) is 19.5 Å². The molecule has 3 amide bonds. The summed E-state index contributed by atoms with van der Waals surface area (Å²) in [5, 5.41) is 16.9. The molecule has 32 heavy (non-hydrogen) atoms. The summed E-state index contributed by atoms with van der Waals surface area (Å²) < 4.78 is 11.7. The first-order chi connectivity index (χ1) is 15.4. The van der Waals surface area contributed by atoms with E-state index in [1.165, 1.54) is 23.0 Å². The Hall–Kier alpha value is -4.25. The summed E-state index contributed by atoms with van der Waals surface area (Å²) in [4.78, 5) is 36.4. The van der Waals surface area contributed by atoms with E-state index in [0.29, 0.717) is 22.2 Å². The lowest BCUT2D eigenvalue weighted by molar-refractivity contribution is -0.120. The number of benzene rings is 2. The van der Waals surface area contributed by atoms with Crippen LogP contribution in [-0.2, 0) is 4.79 Å². The molecule has 4 rings (SSSR count). The lowest BCUT2D eigenvalue weighted by Gasteiger charge is -2.08. The molecule has 11 nitrogen and oxygen atoms in total. The van der Waals surface area contributed by atoms with Crippen molar-refractivity contribution in [1.82, 2.24) is 25.9 Å². The van der Waals surface area contributed by atoms with Gasteiger partial charge >= 0.3 is 0 Å². The highest BCUT2D eigenvalue weighted by Gasteiger charge is 2.19. The average molecular weight is 458 g/mol. The number of hydrogen-bond donors (Lipinski definition) is 4. The third-order valence-corrected chi connectivity index (χ3v) is 4.61. The molecule has 2 aromatic carbocycles. The van der Waals surface area contributed by atoms with Gasteiger partial charge in [0.25, 0.3) is 17.7 Å². The lowest BCUT2D eigenvalue weighted by atomic mass is 10.2. The molecule has 0 radical (unpaired) electrons. The fourth-order valence-corrected chi connectivity index (χ4v) is 2.91. The average Bonchev–Trinajstić information content (AvgIpc) is 3.42. The van der Waals surface area contributed by atoms with Crippen molar-refractivity contribution in [3.8, 4) is 22.9 Å². The van der Waals surface area contributed by atoms with Gasteiger partial charge in [-0.1, -0.05) is 11.6 Å². The Morgan fingerprint density at radius 1 is 1.03 bits per heavy atom. The second-order valence-electron chi connectivity index (χ2n) is 6.54. The Morgan fingerprint density at radius 2 is 1.78 bits per heavy atom. The normalized spacial score (nSPS) is 11.7. The number of halogens is 1. The number of carbonyl (C=O) groups is 3. The molecule has 0 saturated carbocycles. The molecule has 0 fully saturated rings. The Bertz CT molecular complexity index is 1190. The first-order valence-corrected chi connectivity index (χ1v) is 9.60. The minimum absolute atomic E-state index is 0.0794. The summed E-state index contributed by atoms with van der Waals surface area (Å²) in [6, 6.07) is 11.2. The van der Waals surface area contributed by atoms with Gasteiger partial charge in [-0.2, -0.15) is 5.10 Å². The Balaban J connectivity index is 1.29. The van der Waals surface area contributed by atoms with Gasteiger partial charge in [0.1, 0.15) is 0 Å². The predicted molar refractivity (Wildman–Crippen MR) is 111 cm³/mol. The van der Waals surface area contributed by atoms with Crippen LogP contribution in [0.4, 0.5) is 0 Å². The summed E-state index contributed by atoms with van der Waals surface area (Å²) in [5.74, 6) is -1.46. The molecule has 4 N–H and O–H groups in total. The highest BCUT2D eigenvalue weighted by molar-refractivity contribution is 6.30.